The Morgan fingerprint density at radius 3 is 2.88 bits per heavy atom. The fraction of sp³-hybridized carbons (Fsp3) is 0.538. The standard InChI is InChI=1S/C13H19NOS/c1-15-10-5-4-6-11(9-10)16-13-8-3-2-7-12(13)14/h2-3,7-8,10-11H,4-6,9,14H2,1H3. The Kier molecular flexibility index (Phi) is 4.13. The highest BCUT2D eigenvalue weighted by molar-refractivity contribution is 8.00. The van der Waals surface area contributed by atoms with E-state index in [4.69, 9.17) is 10.5 Å². The maximum atomic E-state index is 5.95. The number of ether oxygens (including phenoxy) is 1. The molecule has 88 valence electrons. The molecule has 0 aliphatic heterocycles. The Morgan fingerprint density at radius 2 is 2.12 bits per heavy atom. The minimum atomic E-state index is 0.441. The maximum absolute atomic E-state index is 5.95. The minimum Gasteiger partial charge on any atom is -0.398 e. The number of para-hydroxylation sites is 1. The zero-order valence-corrected chi connectivity index (χ0v) is 10.5. The van der Waals surface area contributed by atoms with Gasteiger partial charge in [-0.15, -0.1) is 11.8 Å². The van der Waals surface area contributed by atoms with E-state index in [-0.39, 0.29) is 0 Å². The molecule has 0 radical (unpaired) electrons. The lowest BCUT2D eigenvalue weighted by molar-refractivity contribution is 0.0730. The molecular weight excluding hydrogens is 218 g/mol. The molecule has 2 rings (SSSR count). The summed E-state index contributed by atoms with van der Waals surface area (Å²) in [5.41, 5.74) is 6.85. The van der Waals surface area contributed by atoms with Crippen molar-refractivity contribution in [3.05, 3.63) is 24.3 Å². The Morgan fingerprint density at radius 1 is 1.31 bits per heavy atom. The van der Waals surface area contributed by atoms with Gasteiger partial charge in [-0.2, -0.15) is 0 Å². The molecule has 2 N–H and O–H groups in total. The summed E-state index contributed by atoms with van der Waals surface area (Å²) in [5, 5.41) is 0.656. The summed E-state index contributed by atoms with van der Waals surface area (Å²) in [7, 11) is 1.81. The molecule has 0 spiro atoms. The van der Waals surface area contributed by atoms with Gasteiger partial charge in [0.1, 0.15) is 0 Å². The van der Waals surface area contributed by atoms with Crippen molar-refractivity contribution in [2.75, 3.05) is 12.8 Å². The summed E-state index contributed by atoms with van der Waals surface area (Å²) in [4.78, 5) is 1.21. The molecule has 1 fully saturated rings. The first-order valence-corrected chi connectivity index (χ1v) is 6.71. The van der Waals surface area contributed by atoms with Crippen molar-refractivity contribution in [1.82, 2.24) is 0 Å². The smallest absolute Gasteiger partial charge is 0.0582 e. The third kappa shape index (κ3) is 2.92. The van der Waals surface area contributed by atoms with E-state index in [0.29, 0.717) is 11.4 Å². The van der Waals surface area contributed by atoms with Gasteiger partial charge in [0.2, 0.25) is 0 Å². The van der Waals surface area contributed by atoms with Gasteiger partial charge in [0.25, 0.3) is 0 Å². The van der Waals surface area contributed by atoms with Gasteiger partial charge in [-0.3, -0.25) is 0 Å². The zero-order valence-electron chi connectivity index (χ0n) is 9.69. The quantitative estimate of drug-likeness (QED) is 0.819. The lowest BCUT2D eigenvalue weighted by Gasteiger charge is -2.27. The molecule has 16 heavy (non-hydrogen) atoms. The van der Waals surface area contributed by atoms with Crippen LogP contribution in [0.4, 0.5) is 5.69 Å². The fourth-order valence-electron chi connectivity index (χ4n) is 2.19. The van der Waals surface area contributed by atoms with Crippen LogP contribution in [-0.4, -0.2) is 18.5 Å². The van der Waals surface area contributed by atoms with Crippen LogP contribution in [0, 0.1) is 0 Å². The van der Waals surface area contributed by atoms with Crippen molar-refractivity contribution in [2.24, 2.45) is 0 Å². The zero-order chi connectivity index (χ0) is 11.4. The summed E-state index contributed by atoms with van der Waals surface area (Å²) >= 11 is 1.91. The number of nitrogens with two attached hydrogens (primary N) is 1. The summed E-state index contributed by atoms with van der Waals surface area (Å²) in [6, 6.07) is 8.11. The second-order valence-corrected chi connectivity index (χ2v) is 5.64. The molecule has 3 heteroatoms. The van der Waals surface area contributed by atoms with Crippen LogP contribution in [0.15, 0.2) is 29.2 Å². The van der Waals surface area contributed by atoms with E-state index in [0.717, 1.165) is 12.1 Å². The van der Waals surface area contributed by atoms with Crippen molar-refractivity contribution in [3.8, 4) is 0 Å². The Balaban J connectivity index is 1.97. The van der Waals surface area contributed by atoms with E-state index in [1.165, 1.54) is 24.2 Å². The number of hydrogen-bond acceptors (Lipinski definition) is 3. The van der Waals surface area contributed by atoms with Crippen LogP contribution < -0.4 is 5.73 Å². The van der Waals surface area contributed by atoms with Crippen LogP contribution >= 0.6 is 11.8 Å². The second-order valence-electron chi connectivity index (χ2n) is 4.30. The minimum absolute atomic E-state index is 0.441. The third-order valence-corrected chi connectivity index (χ3v) is 4.51. The topological polar surface area (TPSA) is 35.2 Å². The summed E-state index contributed by atoms with van der Waals surface area (Å²) in [5.74, 6) is 0. The lowest BCUT2D eigenvalue weighted by atomic mass is 9.97. The van der Waals surface area contributed by atoms with E-state index in [1.807, 2.05) is 31.0 Å². The Hall–Kier alpha value is -0.670. The van der Waals surface area contributed by atoms with Gasteiger partial charge in [-0.05, 0) is 37.8 Å². The van der Waals surface area contributed by atoms with Gasteiger partial charge in [-0.1, -0.05) is 12.1 Å². The molecule has 1 aromatic rings. The predicted octanol–water partition coefficient (Wildman–Crippen LogP) is 3.32. The SMILES string of the molecule is COC1CCCC(Sc2ccccc2N)C1. The number of anilines is 1. The molecule has 1 aromatic carbocycles. The van der Waals surface area contributed by atoms with Crippen LogP contribution in [0.25, 0.3) is 0 Å². The van der Waals surface area contributed by atoms with Crippen LogP contribution in [0.1, 0.15) is 25.7 Å². The summed E-state index contributed by atoms with van der Waals surface area (Å²) < 4.78 is 5.44. The predicted molar refractivity (Wildman–Crippen MR) is 69.8 cm³/mol. The highest BCUT2D eigenvalue weighted by Crippen LogP contribution is 2.36. The van der Waals surface area contributed by atoms with Crippen LogP contribution in [0.3, 0.4) is 0 Å². The molecule has 0 heterocycles. The van der Waals surface area contributed by atoms with Crippen molar-refractivity contribution in [1.29, 1.82) is 0 Å². The molecule has 0 aromatic heterocycles. The molecule has 0 bridgehead atoms. The molecule has 0 amide bonds. The second kappa shape index (κ2) is 5.60. The van der Waals surface area contributed by atoms with Gasteiger partial charge in [0.15, 0.2) is 0 Å². The first-order chi connectivity index (χ1) is 7.79. The van der Waals surface area contributed by atoms with Crippen molar-refractivity contribution in [2.45, 2.75) is 41.9 Å². The monoisotopic (exact) mass is 237 g/mol. The maximum Gasteiger partial charge on any atom is 0.0582 e. The normalized spacial score (nSPS) is 25.6. The van der Waals surface area contributed by atoms with Crippen molar-refractivity contribution in [3.63, 3.8) is 0 Å². The van der Waals surface area contributed by atoms with E-state index < -0.39 is 0 Å². The van der Waals surface area contributed by atoms with Crippen molar-refractivity contribution < 1.29 is 4.74 Å². The Labute approximate surface area is 102 Å². The first kappa shape index (κ1) is 11.8. The number of thioether (sulfide) groups is 1. The molecule has 1 aliphatic carbocycles. The molecule has 1 saturated carbocycles. The lowest BCUT2D eigenvalue weighted by Crippen LogP contribution is -2.23. The summed E-state index contributed by atoms with van der Waals surface area (Å²) in [6.45, 7) is 0. The van der Waals surface area contributed by atoms with Crippen LogP contribution in [0.5, 0.6) is 0 Å². The average Bonchev–Trinajstić information content (AvgIpc) is 2.32. The van der Waals surface area contributed by atoms with Gasteiger partial charge >= 0.3 is 0 Å². The number of nitrogen functional groups attached to an aromatic ring is 1. The largest absolute Gasteiger partial charge is 0.398 e. The van der Waals surface area contributed by atoms with Gasteiger partial charge in [-0.25, -0.2) is 0 Å². The molecular formula is C13H19NOS. The number of methoxy groups -OCH3 is 1. The Bertz CT molecular complexity index is 342. The first-order valence-electron chi connectivity index (χ1n) is 5.83. The van der Waals surface area contributed by atoms with Crippen LogP contribution in [-0.2, 0) is 4.74 Å². The highest BCUT2D eigenvalue weighted by atomic mass is 32.2. The molecule has 1 aliphatic rings. The number of hydrogen-bond donors (Lipinski definition) is 1. The van der Waals surface area contributed by atoms with E-state index in [2.05, 4.69) is 12.1 Å². The van der Waals surface area contributed by atoms with Crippen molar-refractivity contribution >= 4 is 17.4 Å². The van der Waals surface area contributed by atoms with E-state index in [1.54, 1.807) is 0 Å². The molecule has 2 unspecified atom stereocenters. The third-order valence-electron chi connectivity index (χ3n) is 3.12. The fourth-order valence-corrected chi connectivity index (χ4v) is 3.51. The van der Waals surface area contributed by atoms with Gasteiger partial charge < -0.3 is 10.5 Å². The van der Waals surface area contributed by atoms with Gasteiger partial charge in [0, 0.05) is 22.9 Å². The number of rotatable bonds is 3. The summed E-state index contributed by atoms with van der Waals surface area (Å²) in [6.07, 6.45) is 5.34. The van der Waals surface area contributed by atoms with Crippen LogP contribution in [0.2, 0.25) is 0 Å². The molecule has 0 saturated heterocycles. The number of benzene rings is 1. The van der Waals surface area contributed by atoms with Gasteiger partial charge in [0.05, 0.1) is 6.10 Å². The van der Waals surface area contributed by atoms with E-state index >= 15 is 0 Å². The molecule has 2 atom stereocenters. The highest BCUT2D eigenvalue weighted by Gasteiger charge is 2.22. The molecule has 2 nitrogen and oxygen atoms in total. The average molecular weight is 237 g/mol. The van der Waals surface area contributed by atoms with E-state index in [9.17, 15) is 0 Å².